The molecule has 1 N–H and O–H groups in total. The molecule has 0 aliphatic rings. The lowest BCUT2D eigenvalue weighted by Gasteiger charge is -2.03. The van der Waals surface area contributed by atoms with E-state index in [0.29, 0.717) is 0 Å². The number of aliphatic hydroxyl groups is 1. The van der Waals surface area contributed by atoms with Gasteiger partial charge in [-0.05, 0) is 5.92 Å². The van der Waals surface area contributed by atoms with Crippen molar-refractivity contribution in [2.45, 2.75) is 19.8 Å². The molecule has 0 fully saturated rings. The van der Waals surface area contributed by atoms with E-state index in [2.05, 4.69) is 0 Å². The number of halogens is 2. The minimum absolute atomic E-state index is 0.148. The molecule has 0 aliphatic carbocycles. The monoisotopic (exact) mass is 124 g/mol. The highest BCUT2D eigenvalue weighted by molar-refractivity contribution is 4.50. The summed E-state index contributed by atoms with van der Waals surface area (Å²) in [4.78, 5) is 0. The Bertz CT molecular complexity index is 56.4. The van der Waals surface area contributed by atoms with E-state index in [0.717, 1.165) is 0 Å². The summed E-state index contributed by atoms with van der Waals surface area (Å²) in [6.45, 7) is 1.44. The van der Waals surface area contributed by atoms with Crippen LogP contribution in [0, 0.1) is 5.92 Å². The van der Waals surface area contributed by atoms with Gasteiger partial charge < -0.3 is 5.11 Å². The van der Waals surface area contributed by atoms with Gasteiger partial charge in [0.1, 0.15) is 0 Å². The Kier molecular flexibility index (Phi) is 3.69. The molecule has 0 amide bonds. The van der Waals surface area contributed by atoms with Crippen LogP contribution < -0.4 is 0 Å². The standard InChI is InChI=1S/C5H10F2O/c1-4(3-8)2-5(6)7/h4-5,8H,2-3H2,1H3. The van der Waals surface area contributed by atoms with Crippen molar-refractivity contribution in [2.24, 2.45) is 5.92 Å². The Labute approximate surface area is 47.3 Å². The average Bonchev–Trinajstić information content (AvgIpc) is 1.65. The Morgan fingerprint density at radius 3 is 2.12 bits per heavy atom. The summed E-state index contributed by atoms with van der Waals surface area (Å²) >= 11 is 0. The summed E-state index contributed by atoms with van der Waals surface area (Å²) in [5.74, 6) is -0.269. The van der Waals surface area contributed by atoms with Gasteiger partial charge in [0, 0.05) is 13.0 Å². The smallest absolute Gasteiger partial charge is 0.239 e. The minimum Gasteiger partial charge on any atom is -0.396 e. The second-order valence-corrected chi connectivity index (χ2v) is 1.91. The van der Waals surface area contributed by atoms with Crippen LogP contribution in [0.1, 0.15) is 13.3 Å². The molecule has 0 saturated heterocycles. The first-order valence-electron chi connectivity index (χ1n) is 2.55. The van der Waals surface area contributed by atoms with Crippen LogP contribution in [-0.4, -0.2) is 18.1 Å². The van der Waals surface area contributed by atoms with Gasteiger partial charge in [-0.3, -0.25) is 0 Å². The number of hydrogen-bond acceptors (Lipinski definition) is 1. The van der Waals surface area contributed by atoms with Crippen LogP contribution in [0.2, 0.25) is 0 Å². The highest BCUT2D eigenvalue weighted by atomic mass is 19.3. The summed E-state index contributed by atoms with van der Waals surface area (Å²) < 4.78 is 22.7. The molecule has 0 aromatic carbocycles. The normalized spacial score (nSPS) is 14.6. The van der Waals surface area contributed by atoms with Crippen molar-refractivity contribution in [1.82, 2.24) is 0 Å². The second kappa shape index (κ2) is 3.78. The number of hydrogen-bond donors (Lipinski definition) is 1. The summed E-state index contributed by atoms with van der Waals surface area (Å²) in [5, 5.41) is 8.25. The van der Waals surface area contributed by atoms with Crippen LogP contribution in [0.5, 0.6) is 0 Å². The molecule has 0 spiro atoms. The molecule has 0 saturated carbocycles. The predicted octanol–water partition coefficient (Wildman–Crippen LogP) is 1.27. The Balaban J connectivity index is 3.10. The molecule has 0 rings (SSSR count). The fourth-order valence-corrected chi connectivity index (χ4v) is 0.379. The minimum atomic E-state index is -2.28. The van der Waals surface area contributed by atoms with E-state index in [1.807, 2.05) is 0 Å². The van der Waals surface area contributed by atoms with Gasteiger partial charge in [0.15, 0.2) is 0 Å². The fourth-order valence-electron chi connectivity index (χ4n) is 0.379. The molecule has 0 bridgehead atoms. The van der Waals surface area contributed by atoms with Crippen molar-refractivity contribution in [2.75, 3.05) is 6.61 Å². The molecule has 0 heterocycles. The van der Waals surface area contributed by atoms with E-state index in [4.69, 9.17) is 5.11 Å². The molecule has 0 aliphatic heterocycles. The van der Waals surface area contributed by atoms with E-state index < -0.39 is 6.43 Å². The highest BCUT2D eigenvalue weighted by Crippen LogP contribution is 2.08. The van der Waals surface area contributed by atoms with E-state index >= 15 is 0 Å². The van der Waals surface area contributed by atoms with Gasteiger partial charge in [-0.1, -0.05) is 6.92 Å². The van der Waals surface area contributed by atoms with Gasteiger partial charge in [-0.15, -0.1) is 0 Å². The third-order valence-corrected chi connectivity index (χ3v) is 0.892. The zero-order valence-electron chi connectivity index (χ0n) is 4.77. The topological polar surface area (TPSA) is 20.2 Å². The largest absolute Gasteiger partial charge is 0.396 e. The summed E-state index contributed by atoms with van der Waals surface area (Å²) in [7, 11) is 0. The van der Waals surface area contributed by atoms with Crippen LogP contribution in [0.3, 0.4) is 0 Å². The summed E-state index contributed by atoms with van der Waals surface area (Å²) in [6.07, 6.45) is -2.48. The van der Waals surface area contributed by atoms with Crippen molar-refractivity contribution >= 4 is 0 Å². The Morgan fingerprint density at radius 1 is 1.50 bits per heavy atom. The Morgan fingerprint density at radius 2 is 2.00 bits per heavy atom. The van der Waals surface area contributed by atoms with Gasteiger partial charge in [-0.25, -0.2) is 8.78 Å². The van der Waals surface area contributed by atoms with Crippen LogP contribution >= 0.6 is 0 Å². The van der Waals surface area contributed by atoms with Crippen molar-refractivity contribution < 1.29 is 13.9 Å². The van der Waals surface area contributed by atoms with E-state index in [9.17, 15) is 8.78 Å². The Hall–Kier alpha value is -0.180. The van der Waals surface area contributed by atoms with E-state index in [-0.39, 0.29) is 18.9 Å². The van der Waals surface area contributed by atoms with Crippen molar-refractivity contribution in [3.05, 3.63) is 0 Å². The highest BCUT2D eigenvalue weighted by Gasteiger charge is 2.07. The molecule has 8 heavy (non-hydrogen) atoms. The molecule has 1 unspecified atom stereocenters. The maximum atomic E-state index is 11.4. The van der Waals surface area contributed by atoms with Gasteiger partial charge >= 0.3 is 0 Å². The lowest BCUT2D eigenvalue weighted by Crippen LogP contribution is -2.05. The van der Waals surface area contributed by atoms with Crippen molar-refractivity contribution in [3.8, 4) is 0 Å². The average molecular weight is 124 g/mol. The molecule has 50 valence electrons. The fraction of sp³-hybridized carbons (Fsp3) is 1.00. The molecular weight excluding hydrogens is 114 g/mol. The van der Waals surface area contributed by atoms with Gasteiger partial charge in [0.25, 0.3) is 0 Å². The maximum absolute atomic E-state index is 11.4. The molecule has 0 aromatic rings. The lowest BCUT2D eigenvalue weighted by molar-refractivity contribution is 0.0983. The first-order chi connectivity index (χ1) is 3.66. The third-order valence-electron chi connectivity index (χ3n) is 0.892. The SMILES string of the molecule is CC(CO)CC(F)F. The van der Waals surface area contributed by atoms with Crippen LogP contribution in [0.4, 0.5) is 8.78 Å². The molecule has 3 heteroatoms. The van der Waals surface area contributed by atoms with Gasteiger partial charge in [0.2, 0.25) is 6.43 Å². The number of aliphatic hydroxyl groups excluding tert-OH is 1. The van der Waals surface area contributed by atoms with Crippen molar-refractivity contribution in [1.29, 1.82) is 0 Å². The van der Waals surface area contributed by atoms with Crippen molar-refractivity contribution in [3.63, 3.8) is 0 Å². The van der Waals surface area contributed by atoms with E-state index in [1.54, 1.807) is 6.92 Å². The predicted molar refractivity (Wildman–Crippen MR) is 26.9 cm³/mol. The third kappa shape index (κ3) is 3.99. The zero-order valence-corrected chi connectivity index (χ0v) is 4.77. The first kappa shape index (κ1) is 7.82. The maximum Gasteiger partial charge on any atom is 0.239 e. The first-order valence-corrected chi connectivity index (χ1v) is 2.55. The van der Waals surface area contributed by atoms with Crippen LogP contribution in [-0.2, 0) is 0 Å². The second-order valence-electron chi connectivity index (χ2n) is 1.91. The number of alkyl halides is 2. The van der Waals surface area contributed by atoms with Gasteiger partial charge in [-0.2, -0.15) is 0 Å². The molecular formula is C5H10F2O. The molecule has 1 nitrogen and oxygen atoms in total. The lowest BCUT2D eigenvalue weighted by atomic mass is 10.1. The molecule has 0 aromatic heterocycles. The molecule has 0 radical (unpaired) electrons. The zero-order chi connectivity index (χ0) is 6.57. The van der Waals surface area contributed by atoms with Gasteiger partial charge in [0.05, 0.1) is 0 Å². The quantitative estimate of drug-likeness (QED) is 0.600. The summed E-state index contributed by atoms with van der Waals surface area (Å²) in [6, 6.07) is 0. The van der Waals surface area contributed by atoms with Crippen LogP contribution in [0.25, 0.3) is 0 Å². The van der Waals surface area contributed by atoms with E-state index in [1.165, 1.54) is 0 Å². The molecule has 1 atom stereocenters. The summed E-state index contributed by atoms with van der Waals surface area (Å²) in [5.41, 5.74) is 0. The number of rotatable bonds is 3. The van der Waals surface area contributed by atoms with Crippen LogP contribution in [0.15, 0.2) is 0 Å².